The predicted molar refractivity (Wildman–Crippen MR) is 142 cm³/mol. The van der Waals surface area contributed by atoms with E-state index >= 15 is 0 Å². The lowest BCUT2D eigenvalue weighted by Crippen LogP contribution is -2.24. The topological polar surface area (TPSA) is 119 Å². The van der Waals surface area contributed by atoms with Gasteiger partial charge in [-0.1, -0.05) is 0 Å². The maximum absolute atomic E-state index is 13.5. The molecule has 4 unspecified atom stereocenters. The second kappa shape index (κ2) is 6.95. The number of ether oxygens (including phenoxy) is 2. The van der Waals surface area contributed by atoms with E-state index in [0.29, 0.717) is 67.8 Å². The van der Waals surface area contributed by atoms with E-state index < -0.39 is 23.1 Å². The Morgan fingerprint density at radius 1 is 0.632 bits per heavy atom. The zero-order valence-electron chi connectivity index (χ0n) is 21.2. The normalized spacial score (nSPS) is 23.8. The van der Waals surface area contributed by atoms with Gasteiger partial charge in [0.1, 0.15) is 33.8 Å². The summed E-state index contributed by atoms with van der Waals surface area (Å²) in [5, 5.41) is 25.2. The first-order valence-corrected chi connectivity index (χ1v) is 12.9. The molecule has 2 aliphatic rings. The van der Waals surface area contributed by atoms with Gasteiger partial charge in [-0.2, -0.15) is 0 Å². The molecule has 0 saturated carbocycles. The number of fused-ring (bicyclic) bond motifs is 4. The molecule has 0 spiro atoms. The van der Waals surface area contributed by atoms with Gasteiger partial charge in [0.25, 0.3) is 0 Å². The number of phenols is 2. The van der Waals surface area contributed by atoms with Gasteiger partial charge in [0.2, 0.25) is 0 Å². The molecule has 8 rings (SSSR count). The lowest BCUT2D eigenvalue weighted by Gasteiger charge is -2.31. The summed E-state index contributed by atoms with van der Waals surface area (Å²) >= 11 is 0. The SMILES string of the molecule is CC1Cc2c(c(O)c3c(=O)cc4oc5c6c(c(O)c7c(=O)cc8oc2c3c4c8c57)C(C)OC(C)C6)C(C)O1. The molecule has 2 N–H and O–H groups in total. The van der Waals surface area contributed by atoms with E-state index in [-0.39, 0.29) is 34.5 Å². The van der Waals surface area contributed by atoms with Crippen LogP contribution in [0.25, 0.3) is 54.6 Å². The summed E-state index contributed by atoms with van der Waals surface area (Å²) in [5.74, 6) is -0.234. The average molecular weight is 513 g/mol. The summed E-state index contributed by atoms with van der Waals surface area (Å²) in [5.41, 5.74) is 3.35. The van der Waals surface area contributed by atoms with Gasteiger partial charge in [-0.15, -0.1) is 0 Å². The van der Waals surface area contributed by atoms with Crippen LogP contribution in [0.1, 0.15) is 62.2 Å². The van der Waals surface area contributed by atoms with Crippen LogP contribution in [0.15, 0.2) is 30.6 Å². The minimum atomic E-state index is -0.445. The van der Waals surface area contributed by atoms with Crippen LogP contribution in [0.5, 0.6) is 11.5 Å². The van der Waals surface area contributed by atoms with Crippen LogP contribution in [0.2, 0.25) is 0 Å². The van der Waals surface area contributed by atoms with Crippen molar-refractivity contribution < 1.29 is 28.5 Å². The fraction of sp³-hybridized carbons (Fsp3) is 0.333. The van der Waals surface area contributed by atoms with Crippen LogP contribution in [0.4, 0.5) is 0 Å². The number of hydrogen-bond donors (Lipinski definition) is 2. The third-order valence-corrected chi connectivity index (χ3v) is 8.49. The summed E-state index contributed by atoms with van der Waals surface area (Å²) < 4.78 is 24.9. The third-order valence-electron chi connectivity index (χ3n) is 8.49. The minimum absolute atomic E-state index is 0.117. The Morgan fingerprint density at radius 3 is 1.42 bits per heavy atom. The molecule has 0 saturated heterocycles. The summed E-state index contributed by atoms with van der Waals surface area (Å²) in [6, 6.07) is 2.79. The van der Waals surface area contributed by atoms with E-state index in [2.05, 4.69) is 0 Å². The van der Waals surface area contributed by atoms with E-state index in [1.807, 2.05) is 27.7 Å². The molecule has 8 nitrogen and oxygen atoms in total. The standard InChI is InChI=1S/C30H24O8/c1-9-5-13-19(11(3)35-9)27(33)21-15(31)8-18-23-24-17(37-29(13)25(21)23)7-16(32)22-26(24)30(38-18)14-6-10(2)36-12(4)20(14)28(22)34/h7-12,33-34H,5-6H2,1-4H3. The Hall–Kier alpha value is -3.88. The zero-order chi connectivity index (χ0) is 26.4. The maximum atomic E-state index is 13.5. The van der Waals surface area contributed by atoms with Crippen LogP contribution < -0.4 is 10.9 Å². The van der Waals surface area contributed by atoms with Crippen molar-refractivity contribution >= 4 is 54.6 Å². The molecule has 0 fully saturated rings. The first kappa shape index (κ1) is 22.1. The molecule has 6 aromatic rings. The van der Waals surface area contributed by atoms with E-state index in [0.717, 1.165) is 11.1 Å². The molecule has 0 bridgehead atoms. The molecule has 4 heterocycles. The minimum Gasteiger partial charge on any atom is -0.507 e. The van der Waals surface area contributed by atoms with Crippen molar-refractivity contribution in [3.8, 4) is 11.5 Å². The fourth-order valence-electron chi connectivity index (χ4n) is 7.18. The largest absolute Gasteiger partial charge is 0.507 e. The number of phenolic OH excluding ortho intramolecular Hbond substituents is 2. The van der Waals surface area contributed by atoms with Crippen LogP contribution in [-0.2, 0) is 22.3 Å². The molecule has 2 aliphatic heterocycles. The van der Waals surface area contributed by atoms with E-state index in [4.69, 9.17) is 18.3 Å². The summed E-state index contributed by atoms with van der Waals surface area (Å²) in [6.45, 7) is 7.56. The first-order chi connectivity index (χ1) is 18.2. The Morgan fingerprint density at radius 2 is 1.03 bits per heavy atom. The molecule has 4 atom stereocenters. The van der Waals surface area contributed by atoms with Gasteiger partial charge in [0.15, 0.2) is 10.9 Å². The molecule has 0 aliphatic carbocycles. The molecule has 192 valence electrons. The zero-order valence-corrected chi connectivity index (χ0v) is 21.2. The number of hydrogen-bond acceptors (Lipinski definition) is 8. The fourth-order valence-corrected chi connectivity index (χ4v) is 7.18. The van der Waals surface area contributed by atoms with Crippen LogP contribution >= 0.6 is 0 Å². The smallest absolute Gasteiger partial charge is 0.194 e. The Kier molecular flexibility index (Phi) is 4.05. The molecule has 4 aromatic carbocycles. The van der Waals surface area contributed by atoms with E-state index in [1.54, 1.807) is 0 Å². The van der Waals surface area contributed by atoms with Gasteiger partial charge in [-0.25, -0.2) is 0 Å². The second-order valence-corrected chi connectivity index (χ2v) is 10.9. The highest BCUT2D eigenvalue weighted by Gasteiger charge is 2.36. The molecule has 8 heteroatoms. The molecule has 38 heavy (non-hydrogen) atoms. The maximum Gasteiger partial charge on any atom is 0.194 e. The van der Waals surface area contributed by atoms with Crippen LogP contribution in [0.3, 0.4) is 0 Å². The Balaban J connectivity index is 1.69. The first-order valence-electron chi connectivity index (χ1n) is 12.9. The average Bonchev–Trinajstić information content (AvgIpc) is 2.83. The van der Waals surface area contributed by atoms with Crippen molar-refractivity contribution in [2.24, 2.45) is 0 Å². The Labute approximate surface area is 214 Å². The molecule has 0 amide bonds. The Bertz CT molecular complexity index is 1960. The number of benzene rings is 4. The van der Waals surface area contributed by atoms with Crippen molar-refractivity contribution in [2.75, 3.05) is 0 Å². The molecule has 0 radical (unpaired) electrons. The van der Waals surface area contributed by atoms with Gasteiger partial charge in [0, 0.05) is 68.8 Å². The highest BCUT2D eigenvalue weighted by Crippen LogP contribution is 2.52. The lowest BCUT2D eigenvalue weighted by atomic mass is 9.85. The second-order valence-electron chi connectivity index (χ2n) is 10.9. The molecular formula is C30H24O8. The van der Waals surface area contributed by atoms with Gasteiger partial charge >= 0.3 is 0 Å². The highest BCUT2D eigenvalue weighted by atomic mass is 16.5. The van der Waals surface area contributed by atoms with Gasteiger partial charge in [-0.3, -0.25) is 9.59 Å². The van der Waals surface area contributed by atoms with Crippen LogP contribution in [0, 0.1) is 0 Å². The van der Waals surface area contributed by atoms with Crippen molar-refractivity contribution in [1.29, 1.82) is 0 Å². The van der Waals surface area contributed by atoms with Crippen molar-refractivity contribution in [3.05, 3.63) is 54.8 Å². The van der Waals surface area contributed by atoms with Crippen molar-refractivity contribution in [3.63, 3.8) is 0 Å². The lowest BCUT2D eigenvalue weighted by molar-refractivity contribution is -0.00597. The quantitative estimate of drug-likeness (QED) is 0.197. The van der Waals surface area contributed by atoms with Gasteiger partial charge in [0.05, 0.1) is 35.2 Å². The third kappa shape index (κ3) is 2.47. The van der Waals surface area contributed by atoms with Crippen molar-refractivity contribution in [2.45, 2.75) is 65.0 Å². The molecular weight excluding hydrogens is 488 g/mol. The number of rotatable bonds is 0. The van der Waals surface area contributed by atoms with Gasteiger partial charge < -0.3 is 28.5 Å². The summed E-state index contributed by atoms with van der Waals surface area (Å²) in [4.78, 5) is 27.0. The van der Waals surface area contributed by atoms with Gasteiger partial charge in [-0.05, 0) is 27.7 Å². The van der Waals surface area contributed by atoms with E-state index in [1.165, 1.54) is 12.1 Å². The van der Waals surface area contributed by atoms with Crippen LogP contribution in [-0.4, -0.2) is 22.4 Å². The van der Waals surface area contributed by atoms with E-state index in [9.17, 15) is 19.8 Å². The molecule has 2 aromatic heterocycles. The monoisotopic (exact) mass is 512 g/mol. The van der Waals surface area contributed by atoms with Crippen molar-refractivity contribution in [1.82, 2.24) is 0 Å². The number of aromatic hydroxyl groups is 2. The highest BCUT2D eigenvalue weighted by molar-refractivity contribution is 6.33. The predicted octanol–water partition coefficient (Wildman–Crippen LogP) is 5.69. The summed E-state index contributed by atoms with van der Waals surface area (Å²) in [6.07, 6.45) is -0.213. The summed E-state index contributed by atoms with van der Waals surface area (Å²) in [7, 11) is 0.